The number of carbonyl (C=O) groups excluding carboxylic acids is 1. The monoisotopic (exact) mass is 281 g/mol. The highest BCUT2D eigenvalue weighted by Crippen LogP contribution is 2.25. The summed E-state index contributed by atoms with van der Waals surface area (Å²) in [6, 6.07) is 3.85. The van der Waals surface area contributed by atoms with Gasteiger partial charge in [-0.1, -0.05) is 6.92 Å². The van der Waals surface area contributed by atoms with Crippen LogP contribution in [0.4, 0.5) is 11.4 Å². The van der Waals surface area contributed by atoms with E-state index in [1.54, 1.807) is 6.92 Å². The summed E-state index contributed by atoms with van der Waals surface area (Å²) >= 11 is 0. The molecular weight excluding hydrogens is 266 g/mol. The first-order valence-electron chi connectivity index (χ1n) is 5.85. The van der Waals surface area contributed by atoms with Crippen molar-refractivity contribution >= 4 is 23.3 Å². The van der Waals surface area contributed by atoms with Crippen LogP contribution < -0.4 is 11.1 Å². The van der Waals surface area contributed by atoms with Gasteiger partial charge in [-0.3, -0.25) is 19.7 Å². The highest BCUT2D eigenvalue weighted by atomic mass is 16.6. The zero-order chi connectivity index (χ0) is 15.3. The molecule has 1 unspecified atom stereocenters. The van der Waals surface area contributed by atoms with E-state index in [1.165, 1.54) is 12.1 Å². The van der Waals surface area contributed by atoms with Gasteiger partial charge >= 0.3 is 5.97 Å². The minimum atomic E-state index is -0.933. The van der Waals surface area contributed by atoms with E-state index in [0.717, 1.165) is 6.07 Å². The van der Waals surface area contributed by atoms with Crippen molar-refractivity contribution in [1.29, 1.82) is 0 Å². The molecule has 4 N–H and O–H groups in total. The molecule has 0 aliphatic rings. The fraction of sp³-hybridized carbons (Fsp3) is 0.333. The van der Waals surface area contributed by atoms with Crippen molar-refractivity contribution in [3.05, 3.63) is 33.9 Å². The molecule has 1 rings (SSSR count). The lowest BCUT2D eigenvalue weighted by Crippen LogP contribution is -2.16. The van der Waals surface area contributed by atoms with Gasteiger partial charge < -0.3 is 16.2 Å². The molecule has 0 heterocycles. The van der Waals surface area contributed by atoms with Crippen molar-refractivity contribution in [2.75, 3.05) is 11.9 Å². The smallest absolute Gasteiger partial charge is 0.303 e. The number of aliphatic carboxylic acids is 1. The minimum Gasteiger partial charge on any atom is -0.481 e. The SMILES string of the molecule is CC(CNc1ccc(C(N)=O)cc1[N+](=O)[O-])CC(=O)O. The molecule has 0 bridgehead atoms. The number of nitrogens with zero attached hydrogens (tertiary/aromatic N) is 1. The lowest BCUT2D eigenvalue weighted by Gasteiger charge is -2.12. The van der Waals surface area contributed by atoms with E-state index in [0.29, 0.717) is 0 Å². The number of nitro benzene ring substituents is 1. The molecule has 108 valence electrons. The second kappa shape index (κ2) is 6.50. The Morgan fingerprint density at radius 3 is 2.65 bits per heavy atom. The van der Waals surface area contributed by atoms with Crippen LogP contribution in [0, 0.1) is 16.0 Å². The number of benzene rings is 1. The first kappa shape index (κ1) is 15.4. The highest BCUT2D eigenvalue weighted by Gasteiger charge is 2.17. The van der Waals surface area contributed by atoms with E-state index in [4.69, 9.17) is 10.8 Å². The van der Waals surface area contributed by atoms with Crippen LogP contribution >= 0.6 is 0 Å². The molecule has 0 radical (unpaired) electrons. The number of nitro groups is 1. The second-order valence-corrected chi connectivity index (χ2v) is 4.44. The Hall–Kier alpha value is -2.64. The van der Waals surface area contributed by atoms with Crippen LogP contribution in [0.1, 0.15) is 23.7 Å². The Morgan fingerprint density at radius 2 is 2.15 bits per heavy atom. The maximum absolute atomic E-state index is 11.0. The van der Waals surface area contributed by atoms with Crippen LogP contribution in [0.2, 0.25) is 0 Å². The topological polar surface area (TPSA) is 136 Å². The summed E-state index contributed by atoms with van der Waals surface area (Å²) in [7, 11) is 0. The average molecular weight is 281 g/mol. The van der Waals surface area contributed by atoms with Gasteiger partial charge in [0.1, 0.15) is 5.69 Å². The van der Waals surface area contributed by atoms with E-state index >= 15 is 0 Å². The molecule has 8 nitrogen and oxygen atoms in total. The maximum atomic E-state index is 11.0. The average Bonchev–Trinajstić information content (AvgIpc) is 2.35. The van der Waals surface area contributed by atoms with Crippen LogP contribution in [0.5, 0.6) is 0 Å². The van der Waals surface area contributed by atoms with Gasteiger partial charge in [0, 0.05) is 24.6 Å². The Morgan fingerprint density at radius 1 is 1.50 bits per heavy atom. The molecule has 1 amide bonds. The standard InChI is InChI=1S/C12H15N3O5/c1-7(4-11(16)17)6-14-9-3-2-8(12(13)18)5-10(9)15(19)20/h2-3,5,7,14H,4,6H2,1H3,(H2,13,18)(H,16,17). The summed E-state index contributed by atoms with van der Waals surface area (Å²) in [4.78, 5) is 31.8. The molecule has 0 fully saturated rings. The van der Waals surface area contributed by atoms with E-state index in [-0.39, 0.29) is 35.8 Å². The summed E-state index contributed by atoms with van der Waals surface area (Å²) < 4.78 is 0. The molecule has 0 aliphatic carbocycles. The molecule has 0 saturated heterocycles. The van der Waals surface area contributed by atoms with E-state index in [1.807, 2.05) is 0 Å². The number of primary amides is 1. The number of hydrogen-bond acceptors (Lipinski definition) is 5. The van der Waals surface area contributed by atoms with Crippen molar-refractivity contribution in [3.8, 4) is 0 Å². The molecule has 0 aromatic heterocycles. The zero-order valence-corrected chi connectivity index (χ0v) is 10.8. The minimum absolute atomic E-state index is 0.0415. The van der Waals surface area contributed by atoms with E-state index < -0.39 is 16.8 Å². The molecule has 1 aromatic rings. The van der Waals surface area contributed by atoms with Crippen LogP contribution in [-0.4, -0.2) is 28.5 Å². The lowest BCUT2D eigenvalue weighted by atomic mass is 10.1. The molecule has 20 heavy (non-hydrogen) atoms. The van der Waals surface area contributed by atoms with Crippen molar-refractivity contribution < 1.29 is 19.6 Å². The van der Waals surface area contributed by atoms with Crippen molar-refractivity contribution in [2.45, 2.75) is 13.3 Å². The van der Waals surface area contributed by atoms with E-state index in [9.17, 15) is 19.7 Å². The van der Waals surface area contributed by atoms with Crippen LogP contribution in [0.25, 0.3) is 0 Å². The van der Waals surface area contributed by atoms with Gasteiger partial charge in [0.2, 0.25) is 5.91 Å². The summed E-state index contributed by atoms with van der Waals surface area (Å²) in [6.45, 7) is 1.98. The number of carbonyl (C=O) groups is 2. The number of rotatable bonds is 7. The van der Waals surface area contributed by atoms with Gasteiger partial charge in [-0.15, -0.1) is 0 Å². The van der Waals surface area contributed by atoms with Crippen LogP contribution in [-0.2, 0) is 4.79 Å². The Balaban J connectivity index is 2.87. The van der Waals surface area contributed by atoms with Gasteiger partial charge in [-0.05, 0) is 18.1 Å². The number of hydrogen-bond donors (Lipinski definition) is 3. The lowest BCUT2D eigenvalue weighted by molar-refractivity contribution is -0.384. The third kappa shape index (κ3) is 4.23. The molecule has 1 aromatic carbocycles. The van der Waals surface area contributed by atoms with Gasteiger partial charge in [-0.2, -0.15) is 0 Å². The third-order valence-electron chi connectivity index (χ3n) is 2.64. The largest absolute Gasteiger partial charge is 0.481 e. The van der Waals surface area contributed by atoms with E-state index in [2.05, 4.69) is 5.32 Å². The van der Waals surface area contributed by atoms with Gasteiger partial charge in [0.25, 0.3) is 5.69 Å². The molecule has 8 heteroatoms. The number of amides is 1. The van der Waals surface area contributed by atoms with Gasteiger partial charge in [0.15, 0.2) is 0 Å². The quantitative estimate of drug-likeness (QED) is 0.507. The molecule has 0 spiro atoms. The summed E-state index contributed by atoms with van der Waals surface area (Å²) in [5.74, 6) is -1.88. The summed E-state index contributed by atoms with van der Waals surface area (Å²) in [6.07, 6.45) is -0.0415. The fourth-order valence-corrected chi connectivity index (χ4v) is 1.64. The highest BCUT2D eigenvalue weighted by molar-refractivity contribution is 5.94. The molecule has 0 saturated carbocycles. The Kier molecular flexibility index (Phi) is 5.01. The number of carboxylic acid groups (broad SMARTS) is 1. The Bertz CT molecular complexity index is 544. The number of carboxylic acids is 1. The molecule has 1 atom stereocenters. The first-order chi connectivity index (χ1) is 9.31. The van der Waals surface area contributed by atoms with Crippen LogP contribution in [0.3, 0.4) is 0 Å². The van der Waals surface area contributed by atoms with Crippen LogP contribution in [0.15, 0.2) is 18.2 Å². The predicted molar refractivity (Wildman–Crippen MR) is 71.5 cm³/mol. The maximum Gasteiger partial charge on any atom is 0.303 e. The predicted octanol–water partition coefficient (Wildman–Crippen LogP) is 1.22. The van der Waals surface area contributed by atoms with Gasteiger partial charge in [0.05, 0.1) is 4.92 Å². The summed E-state index contributed by atoms with van der Waals surface area (Å²) in [5, 5.41) is 22.4. The van der Waals surface area contributed by atoms with Crippen molar-refractivity contribution in [2.24, 2.45) is 11.7 Å². The Labute approximate surface area is 114 Å². The molecular formula is C12H15N3O5. The third-order valence-corrected chi connectivity index (χ3v) is 2.64. The number of nitrogens with one attached hydrogen (secondary N) is 1. The number of nitrogens with two attached hydrogens (primary N) is 1. The number of anilines is 1. The van der Waals surface area contributed by atoms with Crippen molar-refractivity contribution in [1.82, 2.24) is 0 Å². The fourth-order valence-electron chi connectivity index (χ4n) is 1.64. The first-order valence-corrected chi connectivity index (χ1v) is 5.85. The second-order valence-electron chi connectivity index (χ2n) is 4.44. The summed E-state index contributed by atoms with van der Waals surface area (Å²) in [5.41, 5.74) is 5.05. The molecule has 0 aliphatic heterocycles. The van der Waals surface area contributed by atoms with Crippen molar-refractivity contribution in [3.63, 3.8) is 0 Å². The van der Waals surface area contributed by atoms with Gasteiger partial charge in [-0.25, -0.2) is 0 Å². The zero-order valence-electron chi connectivity index (χ0n) is 10.8. The normalized spacial score (nSPS) is 11.7.